The highest BCUT2D eigenvalue weighted by atomic mass is 79.9. The van der Waals surface area contributed by atoms with Crippen LogP contribution in [-0.4, -0.2) is 14.7 Å². The summed E-state index contributed by atoms with van der Waals surface area (Å²) in [5.41, 5.74) is 0.869. The molecule has 1 heterocycles. The fourth-order valence-corrected chi connectivity index (χ4v) is 2.93. The average Bonchev–Trinajstić information content (AvgIpc) is 2.94. The van der Waals surface area contributed by atoms with Crippen LogP contribution in [0.25, 0.3) is 10.8 Å². The average molecular weight is 345 g/mol. The van der Waals surface area contributed by atoms with Crippen LogP contribution in [-0.2, 0) is 6.54 Å². The minimum Gasteiger partial charge on any atom is -0.380 e. The molecule has 1 unspecified atom stereocenters. The summed E-state index contributed by atoms with van der Waals surface area (Å²) in [6, 6.07) is 12.2. The zero-order valence-corrected chi connectivity index (χ0v) is 13.4. The van der Waals surface area contributed by atoms with Crippen LogP contribution in [0.3, 0.4) is 0 Å². The van der Waals surface area contributed by atoms with Crippen molar-refractivity contribution in [3.05, 3.63) is 64.7 Å². The Morgan fingerprint density at radius 2 is 1.95 bits per heavy atom. The van der Waals surface area contributed by atoms with E-state index < -0.39 is 6.10 Å². The van der Waals surface area contributed by atoms with Gasteiger partial charge in [0.15, 0.2) is 0 Å². The quantitative estimate of drug-likeness (QED) is 0.766. The maximum Gasteiger partial charge on any atom is 0.142 e. The van der Waals surface area contributed by atoms with E-state index in [0.29, 0.717) is 5.82 Å². The molecule has 0 saturated carbocycles. The van der Waals surface area contributed by atoms with Crippen LogP contribution < -0.4 is 0 Å². The maximum atomic E-state index is 10.6. The van der Waals surface area contributed by atoms with Crippen LogP contribution in [0.4, 0.5) is 0 Å². The summed E-state index contributed by atoms with van der Waals surface area (Å²) in [6.45, 7) is 2.98. The minimum atomic E-state index is -0.695. The summed E-state index contributed by atoms with van der Waals surface area (Å²) < 4.78 is 3.07. The Hall–Kier alpha value is -1.65. The van der Waals surface area contributed by atoms with Gasteiger partial charge in [-0.25, -0.2) is 4.98 Å². The van der Waals surface area contributed by atoms with E-state index in [1.165, 1.54) is 0 Å². The highest BCUT2D eigenvalue weighted by Crippen LogP contribution is 2.26. The lowest BCUT2D eigenvalue weighted by atomic mass is 10.0. The molecule has 0 radical (unpaired) electrons. The van der Waals surface area contributed by atoms with Crippen molar-refractivity contribution >= 4 is 26.7 Å². The van der Waals surface area contributed by atoms with E-state index in [0.717, 1.165) is 33.8 Å². The van der Waals surface area contributed by atoms with Gasteiger partial charge < -0.3 is 9.67 Å². The molecule has 0 spiro atoms. The zero-order valence-electron chi connectivity index (χ0n) is 11.8. The molecular weight excluding hydrogens is 328 g/mol. The van der Waals surface area contributed by atoms with Crippen LogP contribution >= 0.6 is 15.9 Å². The Bertz CT molecular complexity index is 766. The molecule has 1 atom stereocenters. The molecule has 0 saturated heterocycles. The number of aromatic nitrogens is 2. The lowest BCUT2D eigenvalue weighted by Gasteiger charge is -2.14. The largest absolute Gasteiger partial charge is 0.380 e. The van der Waals surface area contributed by atoms with Crippen molar-refractivity contribution < 1.29 is 5.11 Å². The highest BCUT2D eigenvalue weighted by molar-refractivity contribution is 9.10. The molecule has 1 aromatic heterocycles. The molecule has 0 fully saturated rings. The van der Waals surface area contributed by atoms with E-state index >= 15 is 0 Å². The van der Waals surface area contributed by atoms with E-state index in [2.05, 4.69) is 33.9 Å². The van der Waals surface area contributed by atoms with Gasteiger partial charge >= 0.3 is 0 Å². The van der Waals surface area contributed by atoms with Gasteiger partial charge in [0.2, 0.25) is 0 Å². The van der Waals surface area contributed by atoms with Crippen molar-refractivity contribution in [2.24, 2.45) is 0 Å². The van der Waals surface area contributed by atoms with Crippen molar-refractivity contribution in [3.8, 4) is 0 Å². The van der Waals surface area contributed by atoms with Gasteiger partial charge in [0, 0.05) is 23.4 Å². The van der Waals surface area contributed by atoms with Crippen molar-refractivity contribution in [1.29, 1.82) is 0 Å². The van der Waals surface area contributed by atoms with E-state index in [4.69, 9.17) is 0 Å². The Morgan fingerprint density at radius 1 is 1.19 bits per heavy atom. The summed E-state index contributed by atoms with van der Waals surface area (Å²) >= 11 is 3.48. The van der Waals surface area contributed by atoms with Gasteiger partial charge in [-0.1, -0.05) is 41.1 Å². The summed E-state index contributed by atoms with van der Waals surface area (Å²) in [5, 5.41) is 12.9. The van der Waals surface area contributed by atoms with Gasteiger partial charge in [0.1, 0.15) is 11.9 Å². The molecule has 108 valence electrons. The monoisotopic (exact) mass is 344 g/mol. The topological polar surface area (TPSA) is 38.0 Å². The number of rotatable bonds is 4. The third kappa shape index (κ3) is 2.87. The molecule has 21 heavy (non-hydrogen) atoms. The minimum absolute atomic E-state index is 0.695. The number of aliphatic hydroxyl groups is 1. The second-order valence-corrected chi connectivity index (χ2v) is 6.05. The van der Waals surface area contributed by atoms with Crippen molar-refractivity contribution in [3.63, 3.8) is 0 Å². The molecule has 1 N–H and O–H groups in total. The number of imidazole rings is 1. The number of aryl methyl sites for hydroxylation is 1. The lowest BCUT2D eigenvalue weighted by molar-refractivity contribution is 0.204. The van der Waals surface area contributed by atoms with E-state index in [9.17, 15) is 5.11 Å². The van der Waals surface area contributed by atoms with Gasteiger partial charge in [0.25, 0.3) is 0 Å². The molecule has 0 aliphatic rings. The predicted molar refractivity (Wildman–Crippen MR) is 88.2 cm³/mol. The molecule has 4 heteroatoms. The fourth-order valence-electron chi connectivity index (χ4n) is 2.55. The first-order valence-electron chi connectivity index (χ1n) is 7.07. The normalized spacial score (nSPS) is 12.7. The van der Waals surface area contributed by atoms with Gasteiger partial charge in [0.05, 0.1) is 0 Å². The highest BCUT2D eigenvalue weighted by Gasteiger charge is 2.16. The van der Waals surface area contributed by atoms with Crippen molar-refractivity contribution in [2.45, 2.75) is 26.0 Å². The van der Waals surface area contributed by atoms with E-state index in [1.807, 2.05) is 41.1 Å². The van der Waals surface area contributed by atoms with Crippen LogP contribution in [0, 0.1) is 0 Å². The Balaban J connectivity index is 1.99. The zero-order chi connectivity index (χ0) is 14.8. The van der Waals surface area contributed by atoms with Crippen LogP contribution in [0.15, 0.2) is 53.3 Å². The first-order valence-corrected chi connectivity index (χ1v) is 7.86. The number of halogens is 1. The summed E-state index contributed by atoms with van der Waals surface area (Å²) in [5.74, 6) is 0.702. The number of nitrogens with zero attached hydrogens (tertiary/aromatic N) is 2. The van der Waals surface area contributed by atoms with Gasteiger partial charge in [-0.3, -0.25) is 0 Å². The summed E-state index contributed by atoms with van der Waals surface area (Å²) in [7, 11) is 0. The third-order valence-electron chi connectivity index (χ3n) is 3.60. The summed E-state index contributed by atoms with van der Waals surface area (Å²) in [4.78, 5) is 4.31. The smallest absolute Gasteiger partial charge is 0.142 e. The lowest BCUT2D eigenvalue weighted by Crippen LogP contribution is -2.09. The molecule has 2 aromatic carbocycles. The van der Waals surface area contributed by atoms with E-state index in [-0.39, 0.29) is 0 Å². The standard InChI is InChI=1S/C17H17BrN2O/c1-2-8-20-9-7-19-17(20)16(21)14-4-3-13-11-15(18)6-5-12(13)10-14/h3-7,9-11,16,21H,2,8H2,1H3. The van der Waals surface area contributed by atoms with Crippen LogP contribution in [0.1, 0.15) is 30.8 Å². The van der Waals surface area contributed by atoms with Crippen molar-refractivity contribution in [1.82, 2.24) is 9.55 Å². The fraction of sp³-hybridized carbons (Fsp3) is 0.235. The predicted octanol–water partition coefficient (Wildman–Crippen LogP) is 4.29. The number of hydrogen-bond acceptors (Lipinski definition) is 2. The van der Waals surface area contributed by atoms with E-state index in [1.54, 1.807) is 6.20 Å². The second kappa shape index (κ2) is 6.00. The first kappa shape index (κ1) is 14.3. The number of aliphatic hydroxyl groups excluding tert-OH is 1. The molecule has 3 rings (SSSR count). The first-order chi connectivity index (χ1) is 10.2. The molecule has 0 aliphatic carbocycles. The van der Waals surface area contributed by atoms with Crippen molar-refractivity contribution in [2.75, 3.05) is 0 Å². The summed E-state index contributed by atoms with van der Waals surface area (Å²) in [6.07, 6.45) is 3.98. The molecule has 0 bridgehead atoms. The number of benzene rings is 2. The Labute approximate surface area is 132 Å². The van der Waals surface area contributed by atoms with Gasteiger partial charge in [-0.15, -0.1) is 0 Å². The molecule has 0 aliphatic heterocycles. The second-order valence-electron chi connectivity index (χ2n) is 5.13. The molecule has 3 nitrogen and oxygen atoms in total. The Morgan fingerprint density at radius 3 is 2.76 bits per heavy atom. The van der Waals surface area contributed by atoms with Crippen LogP contribution in [0.5, 0.6) is 0 Å². The SMILES string of the molecule is CCCn1ccnc1C(O)c1ccc2cc(Br)ccc2c1. The number of fused-ring (bicyclic) bond motifs is 1. The number of hydrogen-bond donors (Lipinski definition) is 1. The van der Waals surface area contributed by atoms with Gasteiger partial charge in [-0.2, -0.15) is 0 Å². The molecule has 3 aromatic rings. The maximum absolute atomic E-state index is 10.6. The van der Waals surface area contributed by atoms with Crippen LogP contribution in [0.2, 0.25) is 0 Å². The van der Waals surface area contributed by atoms with Gasteiger partial charge in [-0.05, 0) is 41.0 Å². The molecular formula is C17H17BrN2O. The third-order valence-corrected chi connectivity index (χ3v) is 4.09. The molecule has 0 amide bonds. The Kier molecular flexibility index (Phi) is 4.08.